The van der Waals surface area contributed by atoms with E-state index in [1.54, 1.807) is 24.3 Å². The lowest BCUT2D eigenvalue weighted by atomic mass is 10.1. The third-order valence-electron chi connectivity index (χ3n) is 2.54. The second-order valence-electron chi connectivity index (χ2n) is 3.49. The highest BCUT2D eigenvalue weighted by molar-refractivity contribution is 5.89. The Morgan fingerprint density at radius 3 is 2.76 bits per heavy atom. The van der Waals surface area contributed by atoms with Crippen LogP contribution < -0.4 is 5.56 Å². The highest BCUT2D eigenvalue weighted by Crippen LogP contribution is 2.16. The smallest absolute Gasteiger partial charge is 0.421 e. The molecule has 5 heteroatoms. The number of aliphatic hydroxyl groups excluding tert-OH is 1. The summed E-state index contributed by atoms with van der Waals surface area (Å²) in [5.41, 5.74) is 0.404. The third-order valence-corrected chi connectivity index (χ3v) is 2.54. The molecule has 88 valence electrons. The first kappa shape index (κ1) is 11.3. The molecule has 2 aromatic rings. The van der Waals surface area contributed by atoms with Crippen LogP contribution in [0.15, 0.2) is 35.1 Å². The number of pyridine rings is 1. The summed E-state index contributed by atoms with van der Waals surface area (Å²) >= 11 is 0. The van der Waals surface area contributed by atoms with Crippen LogP contribution in [0.2, 0.25) is 0 Å². The first-order valence-electron chi connectivity index (χ1n) is 5.02. The van der Waals surface area contributed by atoms with Crippen LogP contribution in [0.3, 0.4) is 0 Å². The molecule has 0 unspecified atom stereocenters. The van der Waals surface area contributed by atoms with Crippen molar-refractivity contribution in [1.82, 2.24) is 4.57 Å². The second kappa shape index (κ2) is 4.39. The number of methoxy groups -OCH3 is 1. The van der Waals surface area contributed by atoms with Gasteiger partial charge in [-0.25, -0.2) is 9.36 Å². The molecular formula is C12H11NO4. The summed E-state index contributed by atoms with van der Waals surface area (Å²) in [5.74, 6) is 0. The zero-order valence-corrected chi connectivity index (χ0v) is 9.21. The van der Waals surface area contributed by atoms with Crippen LogP contribution in [0, 0.1) is 0 Å². The topological polar surface area (TPSA) is 68.5 Å². The van der Waals surface area contributed by atoms with Gasteiger partial charge in [0.2, 0.25) is 0 Å². The van der Waals surface area contributed by atoms with Crippen molar-refractivity contribution in [3.05, 3.63) is 46.2 Å². The quantitative estimate of drug-likeness (QED) is 0.801. The lowest BCUT2D eigenvalue weighted by molar-refractivity contribution is 0.173. The maximum absolute atomic E-state index is 11.8. The van der Waals surface area contributed by atoms with Gasteiger partial charge in [0.25, 0.3) is 5.56 Å². The molecule has 0 aliphatic heterocycles. The summed E-state index contributed by atoms with van der Waals surface area (Å²) in [6.45, 7) is -0.252. The predicted molar refractivity (Wildman–Crippen MR) is 61.9 cm³/mol. The summed E-state index contributed by atoms with van der Waals surface area (Å²) in [6.07, 6.45) is -0.740. The molecule has 5 nitrogen and oxygen atoms in total. The van der Waals surface area contributed by atoms with E-state index in [1.807, 2.05) is 0 Å². The number of nitrogens with zero attached hydrogens (tertiary/aromatic N) is 1. The Morgan fingerprint density at radius 1 is 1.41 bits per heavy atom. The van der Waals surface area contributed by atoms with Gasteiger partial charge < -0.3 is 9.84 Å². The van der Waals surface area contributed by atoms with Gasteiger partial charge in [0.15, 0.2) is 0 Å². The van der Waals surface area contributed by atoms with E-state index in [2.05, 4.69) is 4.74 Å². The van der Waals surface area contributed by atoms with Crippen LogP contribution >= 0.6 is 0 Å². The Bertz CT molecular complexity index is 630. The van der Waals surface area contributed by atoms with E-state index in [4.69, 9.17) is 0 Å². The van der Waals surface area contributed by atoms with E-state index in [-0.39, 0.29) is 6.61 Å². The molecule has 0 bridgehead atoms. The summed E-state index contributed by atoms with van der Waals surface area (Å²) < 4.78 is 5.50. The van der Waals surface area contributed by atoms with Gasteiger partial charge in [0, 0.05) is 11.5 Å². The Kier molecular flexibility index (Phi) is 2.93. The number of aliphatic hydroxyl groups is 1. The maximum atomic E-state index is 11.8. The minimum absolute atomic E-state index is 0.252. The molecule has 0 saturated heterocycles. The van der Waals surface area contributed by atoms with Crippen molar-refractivity contribution < 1.29 is 14.6 Å². The first-order valence-corrected chi connectivity index (χ1v) is 5.02. The van der Waals surface area contributed by atoms with Crippen molar-refractivity contribution in [2.75, 3.05) is 7.11 Å². The maximum Gasteiger partial charge on any atom is 0.421 e. The minimum Gasteiger partial charge on any atom is -0.452 e. The number of para-hydroxylation sites is 1. The number of rotatable bonds is 1. The van der Waals surface area contributed by atoms with Gasteiger partial charge in [-0.3, -0.25) is 4.79 Å². The number of carbonyl (C=O) groups excluding carboxylic acids is 1. The van der Waals surface area contributed by atoms with E-state index in [9.17, 15) is 14.7 Å². The van der Waals surface area contributed by atoms with Crippen molar-refractivity contribution in [3.63, 3.8) is 0 Å². The van der Waals surface area contributed by atoms with E-state index < -0.39 is 11.7 Å². The average Bonchev–Trinajstić information content (AvgIpc) is 2.37. The highest BCUT2D eigenvalue weighted by Gasteiger charge is 2.13. The van der Waals surface area contributed by atoms with Gasteiger partial charge in [-0.15, -0.1) is 0 Å². The summed E-state index contributed by atoms with van der Waals surface area (Å²) in [6, 6.07) is 8.09. The zero-order valence-electron chi connectivity index (χ0n) is 9.21. The Labute approximate surface area is 96.9 Å². The molecule has 0 atom stereocenters. The molecule has 0 aliphatic rings. The molecule has 1 N–H and O–H groups in total. The van der Waals surface area contributed by atoms with E-state index in [1.165, 1.54) is 13.2 Å². The van der Waals surface area contributed by atoms with Crippen LogP contribution in [0.4, 0.5) is 4.79 Å². The molecule has 2 rings (SSSR count). The Balaban J connectivity index is 2.90. The zero-order chi connectivity index (χ0) is 12.4. The molecule has 17 heavy (non-hydrogen) atoms. The Hall–Kier alpha value is -2.14. The van der Waals surface area contributed by atoms with Gasteiger partial charge in [-0.2, -0.15) is 0 Å². The fourth-order valence-electron chi connectivity index (χ4n) is 1.76. The number of fused-ring (bicyclic) bond motifs is 1. The number of aromatic nitrogens is 1. The molecule has 0 fully saturated rings. The monoisotopic (exact) mass is 233 g/mol. The predicted octanol–water partition coefficient (Wildman–Crippen LogP) is 1.11. The molecule has 1 heterocycles. The first-order chi connectivity index (χ1) is 8.19. The molecule has 0 aliphatic carbocycles. The fourth-order valence-corrected chi connectivity index (χ4v) is 1.76. The number of hydrogen-bond donors (Lipinski definition) is 1. The summed E-state index contributed by atoms with van der Waals surface area (Å²) in [5, 5.41) is 9.84. The van der Waals surface area contributed by atoms with Crippen LogP contribution in [0.25, 0.3) is 10.9 Å². The average molecular weight is 233 g/mol. The second-order valence-corrected chi connectivity index (χ2v) is 3.49. The van der Waals surface area contributed by atoms with Gasteiger partial charge in [0.05, 0.1) is 19.2 Å². The van der Waals surface area contributed by atoms with Crippen molar-refractivity contribution in [2.24, 2.45) is 0 Å². The summed E-state index contributed by atoms with van der Waals surface area (Å²) in [7, 11) is 1.21. The lowest BCUT2D eigenvalue weighted by Crippen LogP contribution is -2.27. The van der Waals surface area contributed by atoms with E-state index >= 15 is 0 Å². The number of benzene rings is 1. The fraction of sp³-hybridized carbons (Fsp3) is 0.167. The molecule has 0 radical (unpaired) electrons. The number of hydrogen-bond acceptors (Lipinski definition) is 4. The van der Waals surface area contributed by atoms with Crippen molar-refractivity contribution in [3.8, 4) is 0 Å². The van der Waals surface area contributed by atoms with Crippen LogP contribution in [0.1, 0.15) is 5.56 Å². The number of ether oxygens (including phenoxy) is 1. The summed E-state index contributed by atoms with van der Waals surface area (Å²) in [4.78, 5) is 23.3. The van der Waals surface area contributed by atoms with Crippen molar-refractivity contribution in [2.45, 2.75) is 6.61 Å². The number of carbonyl (C=O) groups is 1. The van der Waals surface area contributed by atoms with Crippen molar-refractivity contribution in [1.29, 1.82) is 0 Å². The van der Waals surface area contributed by atoms with E-state index in [0.29, 0.717) is 16.5 Å². The molecule has 1 aromatic heterocycles. The SMILES string of the molecule is COC(=O)n1c(=O)cc(CO)c2ccccc21. The molecule has 0 saturated carbocycles. The van der Waals surface area contributed by atoms with Crippen LogP contribution in [-0.2, 0) is 11.3 Å². The van der Waals surface area contributed by atoms with Gasteiger partial charge in [0.1, 0.15) is 0 Å². The normalized spacial score (nSPS) is 10.5. The molecule has 0 amide bonds. The van der Waals surface area contributed by atoms with E-state index in [0.717, 1.165) is 4.57 Å². The standard InChI is InChI=1S/C12H11NO4/c1-17-12(16)13-10-5-3-2-4-9(10)8(7-14)6-11(13)15/h2-6,14H,7H2,1H3. The van der Waals surface area contributed by atoms with Crippen LogP contribution in [-0.4, -0.2) is 22.9 Å². The van der Waals surface area contributed by atoms with Gasteiger partial charge in [-0.1, -0.05) is 18.2 Å². The molecule has 0 spiro atoms. The Morgan fingerprint density at radius 2 is 2.12 bits per heavy atom. The third kappa shape index (κ3) is 1.81. The van der Waals surface area contributed by atoms with Gasteiger partial charge in [-0.05, 0) is 11.6 Å². The van der Waals surface area contributed by atoms with Crippen LogP contribution in [0.5, 0.6) is 0 Å². The minimum atomic E-state index is -0.740. The largest absolute Gasteiger partial charge is 0.452 e. The molecule has 1 aromatic carbocycles. The van der Waals surface area contributed by atoms with Gasteiger partial charge >= 0.3 is 6.09 Å². The van der Waals surface area contributed by atoms with Crippen molar-refractivity contribution >= 4 is 17.0 Å². The lowest BCUT2D eigenvalue weighted by Gasteiger charge is -2.09. The molecular weight excluding hydrogens is 222 g/mol. The highest BCUT2D eigenvalue weighted by atomic mass is 16.5.